The normalized spacial score (nSPS) is 12.2. The fraction of sp³-hybridized carbons (Fsp3) is 0.375. The molecule has 2 amide bonds. The molecule has 0 spiro atoms. The van der Waals surface area contributed by atoms with Crippen molar-refractivity contribution in [2.24, 2.45) is 5.92 Å². The van der Waals surface area contributed by atoms with E-state index in [9.17, 15) is 9.90 Å². The molecule has 0 bridgehead atoms. The van der Waals surface area contributed by atoms with E-state index >= 15 is 0 Å². The third-order valence-electron chi connectivity index (χ3n) is 3.32. The summed E-state index contributed by atoms with van der Waals surface area (Å²) in [6, 6.07) is 9.62. The number of amides is 2. The quantitative estimate of drug-likeness (QED) is 0.764. The van der Waals surface area contributed by atoms with Crippen molar-refractivity contribution in [1.82, 2.24) is 15.1 Å². The molecule has 1 aromatic heterocycles. The van der Waals surface area contributed by atoms with E-state index in [2.05, 4.69) is 15.7 Å². The van der Waals surface area contributed by atoms with Gasteiger partial charge in [0.05, 0.1) is 24.5 Å². The first kappa shape index (κ1) is 16.0. The number of anilines is 1. The van der Waals surface area contributed by atoms with Gasteiger partial charge in [0.2, 0.25) is 0 Å². The fourth-order valence-corrected chi connectivity index (χ4v) is 1.89. The van der Waals surface area contributed by atoms with Gasteiger partial charge < -0.3 is 15.7 Å². The van der Waals surface area contributed by atoms with Crippen LogP contribution < -0.4 is 10.6 Å². The first-order valence-corrected chi connectivity index (χ1v) is 7.34. The molecule has 0 unspecified atom stereocenters. The molecule has 0 aliphatic rings. The lowest BCUT2D eigenvalue weighted by Gasteiger charge is -2.14. The molecule has 1 aromatic carbocycles. The van der Waals surface area contributed by atoms with Crippen LogP contribution in [0.2, 0.25) is 0 Å². The summed E-state index contributed by atoms with van der Waals surface area (Å²) in [7, 11) is 0. The molecule has 1 heterocycles. The van der Waals surface area contributed by atoms with Gasteiger partial charge in [-0.3, -0.25) is 4.68 Å². The maximum absolute atomic E-state index is 11.7. The molecule has 1 atom stereocenters. The molecule has 2 rings (SSSR count). The third-order valence-corrected chi connectivity index (χ3v) is 3.32. The van der Waals surface area contributed by atoms with Crippen LogP contribution in [0.5, 0.6) is 0 Å². The maximum Gasteiger partial charge on any atom is 0.319 e. The van der Waals surface area contributed by atoms with Crippen LogP contribution in [0, 0.1) is 5.92 Å². The van der Waals surface area contributed by atoms with Gasteiger partial charge in [-0.25, -0.2) is 4.79 Å². The predicted octanol–water partition coefficient (Wildman–Crippen LogP) is 2.07. The van der Waals surface area contributed by atoms with E-state index in [0.717, 1.165) is 5.56 Å². The summed E-state index contributed by atoms with van der Waals surface area (Å²) < 4.78 is 1.76. The number of nitrogens with one attached hydrogen (secondary N) is 2. The van der Waals surface area contributed by atoms with E-state index in [1.807, 2.05) is 44.2 Å². The Labute approximate surface area is 130 Å². The van der Waals surface area contributed by atoms with E-state index in [4.69, 9.17) is 0 Å². The van der Waals surface area contributed by atoms with Gasteiger partial charge in [-0.15, -0.1) is 0 Å². The van der Waals surface area contributed by atoms with E-state index in [1.165, 1.54) is 0 Å². The lowest BCUT2D eigenvalue weighted by Crippen LogP contribution is -2.37. The number of aromatic nitrogens is 2. The highest BCUT2D eigenvalue weighted by atomic mass is 16.3. The number of hydrogen-bond donors (Lipinski definition) is 3. The Morgan fingerprint density at radius 3 is 2.73 bits per heavy atom. The summed E-state index contributed by atoms with van der Waals surface area (Å²) in [4.78, 5) is 11.7. The smallest absolute Gasteiger partial charge is 0.319 e. The van der Waals surface area contributed by atoms with Gasteiger partial charge in [-0.2, -0.15) is 5.10 Å². The van der Waals surface area contributed by atoms with E-state index in [1.54, 1.807) is 17.1 Å². The Bertz CT molecular complexity index is 595. The number of carbonyl (C=O) groups is 1. The second-order valence-corrected chi connectivity index (χ2v) is 5.56. The van der Waals surface area contributed by atoms with E-state index in [-0.39, 0.29) is 18.5 Å². The molecule has 2 aromatic rings. The molecular formula is C16H22N4O2. The molecule has 6 heteroatoms. The van der Waals surface area contributed by atoms with Gasteiger partial charge >= 0.3 is 6.03 Å². The van der Waals surface area contributed by atoms with Crippen molar-refractivity contribution in [1.29, 1.82) is 0 Å². The Morgan fingerprint density at radius 1 is 1.32 bits per heavy atom. The zero-order valence-corrected chi connectivity index (χ0v) is 12.9. The molecule has 0 saturated heterocycles. The van der Waals surface area contributed by atoms with Crippen molar-refractivity contribution < 1.29 is 9.90 Å². The van der Waals surface area contributed by atoms with Gasteiger partial charge in [-0.1, -0.05) is 44.2 Å². The summed E-state index contributed by atoms with van der Waals surface area (Å²) in [5.74, 6) is 0.105. The molecule has 0 fully saturated rings. The van der Waals surface area contributed by atoms with Gasteiger partial charge in [0.1, 0.15) is 0 Å². The van der Waals surface area contributed by atoms with Gasteiger partial charge in [0.25, 0.3) is 0 Å². The number of aliphatic hydroxyl groups is 1. The van der Waals surface area contributed by atoms with Crippen molar-refractivity contribution in [2.45, 2.75) is 26.5 Å². The van der Waals surface area contributed by atoms with Crippen molar-refractivity contribution in [3.8, 4) is 0 Å². The minimum atomic E-state index is -0.549. The van der Waals surface area contributed by atoms with Gasteiger partial charge in [-0.05, 0) is 11.5 Å². The summed E-state index contributed by atoms with van der Waals surface area (Å²) >= 11 is 0. The van der Waals surface area contributed by atoms with Crippen molar-refractivity contribution in [3.63, 3.8) is 0 Å². The Kier molecular flexibility index (Phi) is 5.55. The van der Waals surface area contributed by atoms with Crippen LogP contribution >= 0.6 is 0 Å². The van der Waals surface area contributed by atoms with Gasteiger partial charge in [0, 0.05) is 12.7 Å². The summed E-state index contributed by atoms with van der Waals surface area (Å²) in [6.07, 6.45) is 2.82. The second-order valence-electron chi connectivity index (χ2n) is 5.56. The van der Waals surface area contributed by atoms with Crippen LogP contribution in [0.4, 0.5) is 10.5 Å². The van der Waals surface area contributed by atoms with Crippen LogP contribution in [-0.2, 0) is 6.54 Å². The molecule has 0 aliphatic heterocycles. The molecule has 22 heavy (non-hydrogen) atoms. The standard InChI is InChI=1S/C16H22N4O2/c1-12(2)15(21)9-17-16(22)19-14-8-18-20(11-14)10-13-6-4-3-5-7-13/h3-8,11-12,15,21H,9-10H2,1-2H3,(H2,17,19,22)/t15-/m0/s1. The number of benzene rings is 1. The van der Waals surface area contributed by atoms with Gasteiger partial charge in [0.15, 0.2) is 0 Å². The SMILES string of the molecule is CC(C)[C@@H](O)CNC(=O)Nc1cnn(Cc2ccccc2)c1. The Hall–Kier alpha value is -2.34. The van der Waals surface area contributed by atoms with E-state index < -0.39 is 6.10 Å². The fourth-order valence-electron chi connectivity index (χ4n) is 1.89. The average molecular weight is 302 g/mol. The Morgan fingerprint density at radius 2 is 2.05 bits per heavy atom. The molecular weight excluding hydrogens is 280 g/mol. The molecule has 3 N–H and O–H groups in total. The number of carbonyl (C=O) groups excluding carboxylic acids is 1. The Balaban J connectivity index is 1.83. The topological polar surface area (TPSA) is 79.2 Å². The highest BCUT2D eigenvalue weighted by Crippen LogP contribution is 2.08. The molecule has 0 saturated carbocycles. The zero-order chi connectivity index (χ0) is 15.9. The van der Waals surface area contributed by atoms with Crippen LogP contribution in [0.1, 0.15) is 19.4 Å². The largest absolute Gasteiger partial charge is 0.391 e. The minimum absolute atomic E-state index is 0.105. The number of hydrogen-bond acceptors (Lipinski definition) is 3. The molecule has 118 valence electrons. The minimum Gasteiger partial charge on any atom is -0.391 e. The van der Waals surface area contributed by atoms with Crippen LogP contribution in [0.25, 0.3) is 0 Å². The lowest BCUT2D eigenvalue weighted by molar-refractivity contribution is 0.126. The first-order valence-electron chi connectivity index (χ1n) is 7.34. The monoisotopic (exact) mass is 302 g/mol. The summed E-state index contributed by atoms with van der Waals surface area (Å²) in [6.45, 7) is 4.67. The molecule has 0 radical (unpaired) electrons. The zero-order valence-electron chi connectivity index (χ0n) is 12.9. The number of nitrogens with zero attached hydrogens (tertiary/aromatic N) is 2. The lowest BCUT2D eigenvalue weighted by atomic mass is 10.1. The van der Waals surface area contributed by atoms with Crippen LogP contribution in [0.3, 0.4) is 0 Å². The van der Waals surface area contributed by atoms with Crippen molar-refractivity contribution in [2.75, 3.05) is 11.9 Å². The number of aliphatic hydroxyl groups excluding tert-OH is 1. The predicted molar refractivity (Wildman–Crippen MR) is 85.6 cm³/mol. The van der Waals surface area contributed by atoms with Crippen molar-refractivity contribution in [3.05, 3.63) is 48.3 Å². The number of urea groups is 1. The number of rotatable bonds is 6. The van der Waals surface area contributed by atoms with Crippen molar-refractivity contribution >= 4 is 11.7 Å². The highest BCUT2D eigenvalue weighted by Gasteiger charge is 2.11. The highest BCUT2D eigenvalue weighted by molar-refractivity contribution is 5.88. The van der Waals surface area contributed by atoms with Crippen LogP contribution in [-0.4, -0.2) is 33.6 Å². The van der Waals surface area contributed by atoms with E-state index in [0.29, 0.717) is 12.2 Å². The average Bonchev–Trinajstić information content (AvgIpc) is 2.92. The molecule has 6 nitrogen and oxygen atoms in total. The maximum atomic E-state index is 11.7. The molecule has 0 aliphatic carbocycles. The first-order chi connectivity index (χ1) is 10.5. The summed E-state index contributed by atoms with van der Waals surface area (Å²) in [5.41, 5.74) is 1.76. The summed E-state index contributed by atoms with van der Waals surface area (Å²) in [5, 5.41) is 19.2. The third kappa shape index (κ3) is 4.89. The van der Waals surface area contributed by atoms with Crippen LogP contribution in [0.15, 0.2) is 42.7 Å². The second kappa shape index (κ2) is 7.61.